The summed E-state index contributed by atoms with van der Waals surface area (Å²) in [5.41, 5.74) is 2.95. The van der Waals surface area contributed by atoms with Gasteiger partial charge < -0.3 is 14.0 Å². The minimum atomic E-state index is -0.261. The lowest BCUT2D eigenvalue weighted by atomic mass is 9.99. The number of carbonyl (C=O) groups excluding carboxylic acids is 1. The second-order valence-corrected chi connectivity index (χ2v) is 9.94. The second-order valence-electron chi connectivity index (χ2n) is 7.98. The van der Waals surface area contributed by atoms with Crippen LogP contribution in [0, 0.1) is 0 Å². The number of carbonyl (C=O) groups is 1. The van der Waals surface area contributed by atoms with Crippen molar-refractivity contribution >= 4 is 45.6 Å². The molecule has 0 radical (unpaired) electrons. The Hall–Kier alpha value is -3.23. The lowest BCUT2D eigenvalue weighted by Crippen LogP contribution is -2.28. The summed E-state index contributed by atoms with van der Waals surface area (Å²) >= 11 is 3.18. The molecule has 5 rings (SSSR count). The fourth-order valence-electron chi connectivity index (χ4n) is 4.37. The first-order chi connectivity index (χ1) is 16.6. The molecular weight excluding hydrogens is 466 g/mol. The van der Waals surface area contributed by atoms with Crippen LogP contribution < -0.4 is 9.47 Å². The number of ether oxygens (including phenoxy) is 2. The van der Waals surface area contributed by atoms with Crippen LogP contribution in [0.4, 0.5) is 0 Å². The van der Waals surface area contributed by atoms with E-state index in [1.165, 1.54) is 0 Å². The van der Waals surface area contributed by atoms with Gasteiger partial charge in [-0.3, -0.25) is 4.79 Å². The number of aryl methyl sites for hydroxylation is 1. The zero-order valence-corrected chi connectivity index (χ0v) is 20.9. The van der Waals surface area contributed by atoms with Gasteiger partial charge >= 0.3 is 0 Å². The maximum atomic E-state index is 13.5. The fraction of sp³-hybridized carbons (Fsp3) is 0.231. The predicted molar refractivity (Wildman–Crippen MR) is 138 cm³/mol. The normalized spacial score (nSPS) is 15.6. The Morgan fingerprint density at radius 2 is 1.97 bits per heavy atom. The van der Waals surface area contributed by atoms with Gasteiger partial charge in [-0.1, -0.05) is 36.4 Å². The number of nitrogens with zero attached hydrogens (tertiary/aromatic N) is 3. The molecular formula is C26H25N3O3S2. The van der Waals surface area contributed by atoms with Crippen LogP contribution >= 0.6 is 23.1 Å². The van der Waals surface area contributed by atoms with Crippen molar-refractivity contribution < 1.29 is 14.3 Å². The molecule has 174 valence electrons. The van der Waals surface area contributed by atoms with Crippen LogP contribution in [0.3, 0.4) is 0 Å². The van der Waals surface area contributed by atoms with Gasteiger partial charge in [-0.25, -0.2) is 5.01 Å². The van der Waals surface area contributed by atoms with Crippen LogP contribution in [0.15, 0.2) is 76.2 Å². The molecule has 3 heterocycles. The van der Waals surface area contributed by atoms with E-state index in [0.717, 1.165) is 32.0 Å². The van der Waals surface area contributed by atoms with E-state index >= 15 is 0 Å². The summed E-state index contributed by atoms with van der Waals surface area (Å²) in [5, 5.41) is 9.60. The van der Waals surface area contributed by atoms with Gasteiger partial charge in [0.1, 0.15) is 0 Å². The van der Waals surface area contributed by atoms with Crippen molar-refractivity contribution in [2.24, 2.45) is 12.1 Å². The van der Waals surface area contributed by atoms with Crippen LogP contribution in [0.25, 0.3) is 10.9 Å². The van der Waals surface area contributed by atoms with E-state index < -0.39 is 0 Å². The van der Waals surface area contributed by atoms with E-state index in [4.69, 9.17) is 14.6 Å². The molecule has 4 aromatic rings. The molecule has 0 spiro atoms. The number of fused-ring (bicyclic) bond motifs is 1. The number of amides is 1. The Labute approximate surface area is 206 Å². The average Bonchev–Trinajstić information content (AvgIpc) is 3.61. The van der Waals surface area contributed by atoms with E-state index in [2.05, 4.69) is 22.9 Å². The van der Waals surface area contributed by atoms with E-state index in [9.17, 15) is 4.79 Å². The summed E-state index contributed by atoms with van der Waals surface area (Å²) in [4.78, 5) is 15.7. The highest BCUT2D eigenvalue weighted by atomic mass is 32.2. The van der Waals surface area contributed by atoms with Crippen molar-refractivity contribution in [1.82, 2.24) is 9.58 Å². The number of para-hydroxylation sites is 2. The van der Waals surface area contributed by atoms with E-state index in [1.54, 1.807) is 42.3 Å². The van der Waals surface area contributed by atoms with Crippen LogP contribution in [0.5, 0.6) is 11.5 Å². The quantitative estimate of drug-likeness (QED) is 0.310. The molecule has 0 saturated heterocycles. The molecule has 1 amide bonds. The molecule has 0 aliphatic carbocycles. The SMILES string of the molecule is COc1cccc(C2CC(c3cccs3)=NN2C(=O)CSc2cn(C)c3ccccc23)c1OC. The number of methoxy groups -OCH3 is 2. The number of thiophene rings is 1. The minimum absolute atomic E-state index is 0.0423. The molecule has 34 heavy (non-hydrogen) atoms. The third kappa shape index (κ3) is 4.08. The maximum Gasteiger partial charge on any atom is 0.253 e. The third-order valence-electron chi connectivity index (χ3n) is 5.98. The number of thioether (sulfide) groups is 1. The molecule has 1 unspecified atom stereocenters. The molecule has 6 nitrogen and oxygen atoms in total. The summed E-state index contributed by atoms with van der Waals surface area (Å²) in [7, 11) is 5.27. The first-order valence-electron chi connectivity index (χ1n) is 10.9. The Bertz CT molecular complexity index is 1360. The largest absolute Gasteiger partial charge is 0.493 e. The lowest BCUT2D eigenvalue weighted by Gasteiger charge is -2.24. The van der Waals surface area contributed by atoms with Gasteiger partial charge in [-0.05, 0) is 23.6 Å². The highest BCUT2D eigenvalue weighted by Crippen LogP contribution is 2.42. The topological polar surface area (TPSA) is 56.1 Å². The molecule has 8 heteroatoms. The lowest BCUT2D eigenvalue weighted by molar-refractivity contribution is -0.130. The monoisotopic (exact) mass is 491 g/mol. The van der Waals surface area contributed by atoms with Crippen molar-refractivity contribution in [2.75, 3.05) is 20.0 Å². The summed E-state index contributed by atoms with van der Waals surface area (Å²) in [6.45, 7) is 0. The summed E-state index contributed by atoms with van der Waals surface area (Å²) in [6.07, 6.45) is 2.70. The standard InChI is InChI=1S/C26H25N3O3S2/c1-28-15-24(17-8-4-5-10-20(17)28)34-16-25(30)29-21(14-19(27-29)23-12-7-13-33-23)18-9-6-11-22(31-2)26(18)32-3/h4-13,15,21H,14,16H2,1-3H3. The summed E-state index contributed by atoms with van der Waals surface area (Å²) in [6, 6.07) is 17.8. The van der Waals surface area contributed by atoms with Crippen molar-refractivity contribution in [3.8, 4) is 11.5 Å². The summed E-state index contributed by atoms with van der Waals surface area (Å²) in [5.74, 6) is 1.52. The average molecular weight is 492 g/mol. The molecule has 0 fully saturated rings. The first kappa shape index (κ1) is 22.6. The minimum Gasteiger partial charge on any atom is -0.493 e. The van der Waals surface area contributed by atoms with Gasteiger partial charge in [-0.15, -0.1) is 23.1 Å². The van der Waals surface area contributed by atoms with Crippen LogP contribution in [0.2, 0.25) is 0 Å². The van der Waals surface area contributed by atoms with Crippen molar-refractivity contribution in [2.45, 2.75) is 17.4 Å². The molecule has 1 aliphatic heterocycles. The number of hydrogen-bond donors (Lipinski definition) is 0. The number of hydrogen-bond acceptors (Lipinski definition) is 6. The maximum absolute atomic E-state index is 13.5. The number of aromatic nitrogens is 1. The first-order valence-corrected chi connectivity index (χ1v) is 12.8. The number of benzene rings is 2. The molecule has 2 aromatic heterocycles. The summed E-state index contributed by atoms with van der Waals surface area (Å²) < 4.78 is 13.3. The highest BCUT2D eigenvalue weighted by Gasteiger charge is 2.35. The van der Waals surface area contributed by atoms with Crippen LogP contribution in [-0.2, 0) is 11.8 Å². The van der Waals surface area contributed by atoms with Crippen LogP contribution in [-0.4, -0.2) is 41.2 Å². The second kappa shape index (κ2) is 9.56. The molecule has 1 atom stereocenters. The van der Waals surface area contributed by atoms with Gasteiger partial charge in [0.15, 0.2) is 11.5 Å². The van der Waals surface area contributed by atoms with Crippen molar-refractivity contribution in [3.05, 3.63) is 76.6 Å². The number of rotatable bonds is 7. The Morgan fingerprint density at radius 3 is 2.74 bits per heavy atom. The third-order valence-corrected chi connectivity index (χ3v) is 7.92. The molecule has 0 N–H and O–H groups in total. The zero-order valence-electron chi connectivity index (χ0n) is 19.2. The smallest absolute Gasteiger partial charge is 0.253 e. The van der Waals surface area contributed by atoms with Gasteiger partial charge in [0, 0.05) is 41.0 Å². The Kier molecular flexibility index (Phi) is 6.34. The van der Waals surface area contributed by atoms with Crippen molar-refractivity contribution in [3.63, 3.8) is 0 Å². The van der Waals surface area contributed by atoms with Crippen molar-refractivity contribution in [1.29, 1.82) is 0 Å². The predicted octanol–water partition coefficient (Wildman–Crippen LogP) is 5.73. The zero-order chi connectivity index (χ0) is 23.7. The van der Waals surface area contributed by atoms with Gasteiger partial charge in [0.25, 0.3) is 5.91 Å². The molecule has 0 bridgehead atoms. The fourth-order valence-corrected chi connectivity index (χ4v) is 6.07. The number of hydrazone groups is 1. The van der Waals surface area contributed by atoms with Gasteiger partial charge in [0.2, 0.25) is 0 Å². The van der Waals surface area contributed by atoms with E-state index in [-0.39, 0.29) is 17.7 Å². The Morgan fingerprint density at radius 1 is 1.12 bits per heavy atom. The van der Waals surface area contributed by atoms with Gasteiger partial charge in [-0.2, -0.15) is 5.10 Å². The molecule has 2 aromatic carbocycles. The highest BCUT2D eigenvalue weighted by molar-refractivity contribution is 8.00. The van der Waals surface area contributed by atoms with E-state index in [0.29, 0.717) is 17.9 Å². The van der Waals surface area contributed by atoms with E-state index in [1.807, 2.05) is 54.9 Å². The van der Waals surface area contributed by atoms with Gasteiger partial charge in [0.05, 0.1) is 36.6 Å². The van der Waals surface area contributed by atoms with Crippen LogP contribution in [0.1, 0.15) is 22.9 Å². The molecule has 1 aliphatic rings. The Balaban J connectivity index is 1.45. The molecule has 0 saturated carbocycles.